The summed E-state index contributed by atoms with van der Waals surface area (Å²) in [5.41, 5.74) is -0.362. The van der Waals surface area contributed by atoms with Gasteiger partial charge in [0.2, 0.25) is 5.88 Å². The smallest absolute Gasteiger partial charge is 0.434 e. The highest BCUT2D eigenvalue weighted by Crippen LogP contribution is 2.28. The molecule has 0 bridgehead atoms. The number of hydrogen-bond donors (Lipinski definition) is 3. The lowest BCUT2D eigenvalue weighted by molar-refractivity contribution is -0.141. The summed E-state index contributed by atoms with van der Waals surface area (Å²) in [6, 6.07) is 5.10. The van der Waals surface area contributed by atoms with Crippen LogP contribution in [0.15, 0.2) is 36.8 Å². The maximum atomic E-state index is 12.6. The number of amides is 1. The monoisotopic (exact) mass is 454 g/mol. The van der Waals surface area contributed by atoms with Gasteiger partial charge in [0, 0.05) is 19.1 Å². The van der Waals surface area contributed by atoms with Crippen LogP contribution in [0.1, 0.15) is 28.2 Å². The number of nitrogens with zero attached hydrogens (tertiary/aromatic N) is 4. The van der Waals surface area contributed by atoms with Gasteiger partial charge in [0.1, 0.15) is 10.8 Å². The summed E-state index contributed by atoms with van der Waals surface area (Å²) in [6.45, 7) is 0.450. The Labute approximate surface area is 178 Å². The van der Waals surface area contributed by atoms with Gasteiger partial charge in [-0.2, -0.15) is 17.5 Å². The van der Waals surface area contributed by atoms with E-state index < -0.39 is 17.8 Å². The topological polar surface area (TPSA) is 122 Å². The summed E-state index contributed by atoms with van der Waals surface area (Å²) < 4.78 is 47.1. The molecule has 0 aromatic carbocycles. The van der Waals surface area contributed by atoms with Crippen molar-refractivity contribution in [3.8, 4) is 5.88 Å². The first kappa shape index (κ1) is 22.4. The number of alkyl halides is 3. The summed E-state index contributed by atoms with van der Waals surface area (Å²) in [7, 11) is 0. The van der Waals surface area contributed by atoms with Crippen molar-refractivity contribution in [2.45, 2.75) is 19.1 Å². The van der Waals surface area contributed by atoms with Crippen LogP contribution in [0.25, 0.3) is 0 Å². The average Bonchev–Trinajstić information content (AvgIpc) is 3.20. The van der Waals surface area contributed by atoms with Crippen molar-refractivity contribution < 1.29 is 27.8 Å². The van der Waals surface area contributed by atoms with Crippen LogP contribution in [0.4, 0.5) is 24.0 Å². The van der Waals surface area contributed by atoms with Crippen molar-refractivity contribution in [3.63, 3.8) is 0 Å². The lowest BCUT2D eigenvalue weighted by Crippen LogP contribution is -2.23. The van der Waals surface area contributed by atoms with Gasteiger partial charge in [0.15, 0.2) is 5.69 Å². The van der Waals surface area contributed by atoms with E-state index in [1.54, 1.807) is 18.2 Å². The standard InChI is InChI=1S/C18H17F3N6O3S/c19-18(20,21)13-9-23-14(10-22-13)27-17-12(8-25-31-17)16(29)24-7-11-3-1-4-15(26-11)30-6-2-5-28/h1,3-4,8-10,28H,2,5-7H2,(H,23,27)(H,24,29). The third kappa shape index (κ3) is 6.33. The second-order valence-corrected chi connectivity index (χ2v) is 6.86. The second kappa shape index (κ2) is 10.1. The van der Waals surface area contributed by atoms with Gasteiger partial charge in [0.05, 0.1) is 43.0 Å². The molecule has 3 aromatic rings. The fourth-order valence-corrected chi connectivity index (χ4v) is 2.95. The minimum atomic E-state index is -4.59. The molecule has 164 valence electrons. The Balaban J connectivity index is 1.60. The number of aliphatic hydroxyl groups is 1. The number of nitrogens with one attached hydrogen (secondary N) is 2. The number of pyridine rings is 1. The number of ether oxygens (including phenoxy) is 1. The van der Waals surface area contributed by atoms with Gasteiger partial charge in [-0.1, -0.05) is 6.07 Å². The van der Waals surface area contributed by atoms with Crippen molar-refractivity contribution >= 4 is 28.3 Å². The van der Waals surface area contributed by atoms with Crippen LogP contribution in [-0.4, -0.2) is 43.6 Å². The molecule has 0 saturated heterocycles. The molecule has 0 unspecified atom stereocenters. The van der Waals surface area contributed by atoms with Crippen molar-refractivity contribution in [2.75, 3.05) is 18.5 Å². The molecular formula is C18H17F3N6O3S. The number of hydrogen-bond acceptors (Lipinski definition) is 9. The number of carbonyl (C=O) groups is 1. The lowest BCUT2D eigenvalue weighted by Gasteiger charge is -2.09. The first-order chi connectivity index (χ1) is 14.9. The van der Waals surface area contributed by atoms with Crippen LogP contribution in [0.3, 0.4) is 0 Å². The van der Waals surface area contributed by atoms with Gasteiger partial charge in [0.25, 0.3) is 5.91 Å². The zero-order valence-electron chi connectivity index (χ0n) is 15.9. The van der Waals surface area contributed by atoms with Crippen LogP contribution in [-0.2, 0) is 12.7 Å². The molecule has 1 amide bonds. The van der Waals surface area contributed by atoms with E-state index in [-0.39, 0.29) is 24.5 Å². The third-order valence-corrected chi connectivity index (χ3v) is 4.48. The zero-order chi connectivity index (χ0) is 22.3. The molecule has 0 fully saturated rings. The molecule has 13 heteroatoms. The van der Waals surface area contributed by atoms with E-state index in [4.69, 9.17) is 9.84 Å². The van der Waals surface area contributed by atoms with Crippen molar-refractivity contribution in [2.24, 2.45) is 0 Å². The molecule has 9 nitrogen and oxygen atoms in total. The van der Waals surface area contributed by atoms with Gasteiger partial charge < -0.3 is 20.5 Å². The Kier molecular flexibility index (Phi) is 7.31. The number of aliphatic hydroxyl groups excluding tert-OH is 1. The fourth-order valence-electron chi connectivity index (χ4n) is 2.29. The highest BCUT2D eigenvalue weighted by molar-refractivity contribution is 7.10. The maximum Gasteiger partial charge on any atom is 0.434 e. The molecule has 0 aliphatic heterocycles. The summed E-state index contributed by atoms with van der Waals surface area (Å²) in [6.07, 6.45) is -1.24. The Bertz CT molecular complexity index is 1010. The fraction of sp³-hybridized carbons (Fsp3) is 0.278. The molecule has 0 radical (unpaired) electrons. The SMILES string of the molecule is O=C(NCc1cccc(OCCCO)n1)c1cnsc1Nc1cnc(C(F)(F)F)cn1. The molecular weight excluding hydrogens is 437 g/mol. The molecule has 0 aliphatic rings. The highest BCUT2D eigenvalue weighted by Gasteiger charge is 2.32. The molecule has 3 aromatic heterocycles. The van der Waals surface area contributed by atoms with Crippen LogP contribution in [0, 0.1) is 0 Å². The third-order valence-electron chi connectivity index (χ3n) is 3.76. The molecule has 0 spiro atoms. The van der Waals surface area contributed by atoms with Crippen LogP contribution in [0.5, 0.6) is 5.88 Å². The normalized spacial score (nSPS) is 11.2. The van der Waals surface area contributed by atoms with Gasteiger partial charge in [-0.15, -0.1) is 0 Å². The van der Waals surface area contributed by atoms with E-state index in [1.807, 2.05) is 0 Å². The molecule has 0 atom stereocenters. The zero-order valence-corrected chi connectivity index (χ0v) is 16.7. The van der Waals surface area contributed by atoms with E-state index in [2.05, 4.69) is 30.0 Å². The Morgan fingerprint density at radius 3 is 2.74 bits per heavy atom. The van der Waals surface area contributed by atoms with Crippen molar-refractivity contribution in [3.05, 3.63) is 53.7 Å². The quantitative estimate of drug-likeness (QED) is 0.422. The van der Waals surface area contributed by atoms with E-state index >= 15 is 0 Å². The van der Waals surface area contributed by atoms with Crippen LogP contribution < -0.4 is 15.4 Å². The van der Waals surface area contributed by atoms with Crippen molar-refractivity contribution in [1.82, 2.24) is 24.6 Å². The minimum Gasteiger partial charge on any atom is -0.478 e. The Morgan fingerprint density at radius 1 is 1.19 bits per heavy atom. The predicted molar refractivity (Wildman–Crippen MR) is 105 cm³/mol. The highest BCUT2D eigenvalue weighted by atomic mass is 32.1. The van der Waals surface area contributed by atoms with Crippen LogP contribution in [0.2, 0.25) is 0 Å². The molecule has 3 heterocycles. The Hall–Kier alpha value is -3.32. The molecule has 3 rings (SSSR count). The van der Waals surface area contributed by atoms with E-state index in [1.165, 1.54) is 6.20 Å². The van der Waals surface area contributed by atoms with Gasteiger partial charge >= 0.3 is 6.18 Å². The van der Waals surface area contributed by atoms with E-state index in [0.717, 1.165) is 17.7 Å². The van der Waals surface area contributed by atoms with E-state index in [9.17, 15) is 18.0 Å². The van der Waals surface area contributed by atoms with Crippen LogP contribution >= 0.6 is 11.5 Å². The number of rotatable bonds is 9. The molecule has 3 N–H and O–H groups in total. The lowest BCUT2D eigenvalue weighted by atomic mass is 10.3. The molecule has 0 aliphatic carbocycles. The Morgan fingerprint density at radius 2 is 2.03 bits per heavy atom. The van der Waals surface area contributed by atoms with Gasteiger partial charge in [-0.05, 0) is 17.6 Å². The predicted octanol–water partition coefficient (Wildman–Crippen LogP) is 2.78. The summed E-state index contributed by atoms with van der Waals surface area (Å²) in [4.78, 5) is 23.8. The first-order valence-electron chi connectivity index (χ1n) is 8.95. The van der Waals surface area contributed by atoms with E-state index in [0.29, 0.717) is 35.8 Å². The molecule has 31 heavy (non-hydrogen) atoms. The number of halogens is 3. The number of anilines is 2. The number of carbonyl (C=O) groups excluding carboxylic acids is 1. The summed E-state index contributed by atoms with van der Waals surface area (Å²) >= 11 is 0.950. The minimum absolute atomic E-state index is 0.0127. The average molecular weight is 454 g/mol. The summed E-state index contributed by atoms with van der Waals surface area (Å²) in [5, 5.41) is 14.5. The molecule has 0 saturated carbocycles. The summed E-state index contributed by atoms with van der Waals surface area (Å²) in [5.74, 6) is -0.0362. The first-order valence-corrected chi connectivity index (χ1v) is 9.73. The van der Waals surface area contributed by atoms with Gasteiger partial charge in [-0.25, -0.2) is 15.0 Å². The number of aromatic nitrogens is 4. The van der Waals surface area contributed by atoms with Crippen molar-refractivity contribution in [1.29, 1.82) is 0 Å². The largest absolute Gasteiger partial charge is 0.478 e. The van der Waals surface area contributed by atoms with Gasteiger partial charge in [-0.3, -0.25) is 4.79 Å². The maximum absolute atomic E-state index is 12.6. The second-order valence-electron chi connectivity index (χ2n) is 6.05.